The van der Waals surface area contributed by atoms with Gasteiger partial charge in [-0.25, -0.2) is 13.2 Å². The van der Waals surface area contributed by atoms with Crippen LogP contribution in [0.5, 0.6) is 0 Å². The van der Waals surface area contributed by atoms with Crippen LogP contribution in [0.25, 0.3) is 0 Å². The Morgan fingerprint density at radius 3 is 2.62 bits per heavy atom. The Labute approximate surface area is 91.6 Å². The van der Waals surface area contributed by atoms with E-state index in [1.807, 2.05) is 0 Å². The molecule has 1 aliphatic rings. The third kappa shape index (κ3) is 1.61. The molecule has 0 fully saturated rings. The number of sulfone groups is 1. The lowest BCUT2D eigenvalue weighted by Crippen LogP contribution is -2.21. The summed E-state index contributed by atoms with van der Waals surface area (Å²) in [5.74, 6) is -1.72. The highest BCUT2D eigenvalue weighted by molar-refractivity contribution is 7.91. The molecule has 1 aliphatic heterocycles. The Morgan fingerprint density at radius 2 is 2.00 bits per heavy atom. The molecule has 0 radical (unpaired) electrons. The van der Waals surface area contributed by atoms with E-state index in [9.17, 15) is 18.0 Å². The molecule has 1 aromatic rings. The number of hydrogen-bond acceptors (Lipinski definition) is 4. The van der Waals surface area contributed by atoms with E-state index in [2.05, 4.69) is 0 Å². The van der Waals surface area contributed by atoms with Gasteiger partial charge in [0.2, 0.25) is 0 Å². The first-order valence-corrected chi connectivity index (χ1v) is 6.20. The number of aromatic carboxylic acids is 1. The number of fused-ring (bicyclic) bond motifs is 1. The van der Waals surface area contributed by atoms with Crippen molar-refractivity contribution in [2.45, 2.75) is 11.3 Å². The fourth-order valence-corrected chi connectivity index (χ4v) is 3.11. The number of benzene rings is 1. The first-order chi connectivity index (χ1) is 7.42. The van der Waals surface area contributed by atoms with E-state index in [4.69, 9.17) is 5.11 Å². The first kappa shape index (κ1) is 10.8. The van der Waals surface area contributed by atoms with Gasteiger partial charge in [0.15, 0.2) is 15.6 Å². The fraction of sp³-hybridized carbons (Fsp3) is 0.200. The Balaban J connectivity index is 2.72. The summed E-state index contributed by atoms with van der Waals surface area (Å²) >= 11 is 0. The van der Waals surface area contributed by atoms with Crippen molar-refractivity contribution in [2.75, 3.05) is 5.75 Å². The van der Waals surface area contributed by atoms with Crippen molar-refractivity contribution in [2.24, 2.45) is 0 Å². The van der Waals surface area contributed by atoms with Gasteiger partial charge < -0.3 is 5.11 Å². The van der Waals surface area contributed by atoms with Gasteiger partial charge in [0, 0.05) is 12.0 Å². The van der Waals surface area contributed by atoms with Gasteiger partial charge in [-0.15, -0.1) is 0 Å². The van der Waals surface area contributed by atoms with Gasteiger partial charge >= 0.3 is 5.97 Å². The Morgan fingerprint density at radius 1 is 1.31 bits per heavy atom. The summed E-state index contributed by atoms with van der Waals surface area (Å²) in [7, 11) is -3.52. The van der Waals surface area contributed by atoms with E-state index in [0.29, 0.717) is 0 Å². The molecule has 16 heavy (non-hydrogen) atoms. The number of ketones is 1. The molecule has 0 aromatic heterocycles. The average Bonchev–Trinajstić information content (AvgIpc) is 2.23. The number of carboxylic acid groups (broad SMARTS) is 1. The summed E-state index contributed by atoms with van der Waals surface area (Å²) in [5, 5.41) is 8.74. The largest absolute Gasteiger partial charge is 0.478 e. The molecule has 0 amide bonds. The van der Waals surface area contributed by atoms with Crippen LogP contribution in [0.15, 0.2) is 23.1 Å². The van der Waals surface area contributed by atoms with Crippen molar-refractivity contribution in [3.63, 3.8) is 0 Å². The Kier molecular flexibility index (Phi) is 2.31. The number of carbonyl (C=O) groups excluding carboxylic acids is 1. The minimum Gasteiger partial charge on any atom is -0.478 e. The summed E-state index contributed by atoms with van der Waals surface area (Å²) in [5.41, 5.74) is -0.0340. The maximum absolute atomic E-state index is 11.6. The predicted octanol–water partition coefficient (Wildman–Crippen LogP) is 0.745. The quantitative estimate of drug-likeness (QED) is 0.782. The second kappa shape index (κ2) is 3.41. The number of Topliss-reactive ketones (excluding diaryl/α,β-unsaturated/α-hetero) is 1. The van der Waals surface area contributed by atoms with E-state index in [1.54, 1.807) is 0 Å². The lowest BCUT2D eigenvalue weighted by atomic mass is 10.1. The second-order valence-electron chi connectivity index (χ2n) is 3.51. The van der Waals surface area contributed by atoms with E-state index in [-0.39, 0.29) is 34.0 Å². The third-order valence-corrected chi connectivity index (χ3v) is 4.21. The molecule has 1 aromatic carbocycles. The van der Waals surface area contributed by atoms with E-state index < -0.39 is 15.8 Å². The summed E-state index contributed by atoms with van der Waals surface area (Å²) in [6, 6.07) is 3.54. The molecule has 2 rings (SSSR count). The van der Waals surface area contributed by atoms with Gasteiger partial charge in [-0.1, -0.05) is 0 Å². The molecule has 0 saturated heterocycles. The van der Waals surface area contributed by atoms with Crippen molar-refractivity contribution in [3.05, 3.63) is 29.3 Å². The van der Waals surface area contributed by atoms with Crippen LogP contribution in [0.4, 0.5) is 0 Å². The molecular weight excluding hydrogens is 232 g/mol. The molecule has 1 N–H and O–H groups in total. The van der Waals surface area contributed by atoms with Crippen molar-refractivity contribution in [1.29, 1.82) is 0 Å². The number of rotatable bonds is 1. The van der Waals surface area contributed by atoms with Crippen LogP contribution in [-0.4, -0.2) is 31.0 Å². The Hall–Kier alpha value is -1.69. The fourth-order valence-electron chi connectivity index (χ4n) is 1.61. The maximum atomic E-state index is 11.6. The summed E-state index contributed by atoms with van der Waals surface area (Å²) < 4.78 is 23.3. The van der Waals surface area contributed by atoms with Crippen molar-refractivity contribution < 1.29 is 23.1 Å². The van der Waals surface area contributed by atoms with E-state index in [0.717, 1.165) is 6.07 Å². The van der Waals surface area contributed by atoms with Gasteiger partial charge in [0.1, 0.15) is 0 Å². The highest BCUT2D eigenvalue weighted by Crippen LogP contribution is 2.25. The van der Waals surface area contributed by atoms with E-state index in [1.165, 1.54) is 12.1 Å². The van der Waals surface area contributed by atoms with Crippen molar-refractivity contribution in [1.82, 2.24) is 0 Å². The first-order valence-electron chi connectivity index (χ1n) is 4.55. The molecule has 84 valence electrons. The average molecular weight is 240 g/mol. The highest BCUT2D eigenvalue weighted by Gasteiger charge is 2.29. The van der Waals surface area contributed by atoms with Gasteiger partial charge in [-0.3, -0.25) is 4.79 Å². The summed E-state index contributed by atoms with van der Waals surface area (Å²) in [4.78, 5) is 22.0. The SMILES string of the molecule is O=C(O)c1ccc2c(c1)S(=O)(=O)CCC2=O. The zero-order valence-electron chi connectivity index (χ0n) is 8.13. The molecule has 0 atom stereocenters. The molecule has 1 heterocycles. The zero-order chi connectivity index (χ0) is 11.9. The lowest BCUT2D eigenvalue weighted by Gasteiger charge is -2.15. The lowest BCUT2D eigenvalue weighted by molar-refractivity contribution is 0.0696. The maximum Gasteiger partial charge on any atom is 0.335 e. The molecule has 0 aliphatic carbocycles. The van der Waals surface area contributed by atoms with Crippen LogP contribution >= 0.6 is 0 Å². The normalized spacial score (nSPS) is 17.9. The van der Waals surface area contributed by atoms with Crippen LogP contribution in [0.1, 0.15) is 27.1 Å². The van der Waals surface area contributed by atoms with Crippen LogP contribution in [0.2, 0.25) is 0 Å². The number of carbonyl (C=O) groups is 2. The predicted molar refractivity (Wildman–Crippen MR) is 54.4 cm³/mol. The van der Waals surface area contributed by atoms with Gasteiger partial charge in [0.25, 0.3) is 0 Å². The van der Waals surface area contributed by atoms with Crippen LogP contribution in [-0.2, 0) is 9.84 Å². The molecule has 6 heteroatoms. The van der Waals surface area contributed by atoms with Crippen molar-refractivity contribution in [3.8, 4) is 0 Å². The molecule has 0 spiro atoms. The van der Waals surface area contributed by atoms with Gasteiger partial charge in [0.05, 0.1) is 16.2 Å². The van der Waals surface area contributed by atoms with E-state index >= 15 is 0 Å². The van der Waals surface area contributed by atoms with Crippen LogP contribution in [0.3, 0.4) is 0 Å². The Bertz CT molecular complexity index is 585. The molecular formula is C10H8O5S. The zero-order valence-corrected chi connectivity index (χ0v) is 8.95. The molecule has 0 unspecified atom stereocenters. The van der Waals surface area contributed by atoms with Crippen LogP contribution < -0.4 is 0 Å². The molecule has 0 bridgehead atoms. The highest BCUT2D eigenvalue weighted by atomic mass is 32.2. The monoisotopic (exact) mass is 240 g/mol. The topological polar surface area (TPSA) is 88.5 Å². The second-order valence-corrected chi connectivity index (χ2v) is 5.59. The molecule has 0 saturated carbocycles. The minimum absolute atomic E-state index is 0.0399. The summed E-state index contributed by atoms with van der Waals surface area (Å²) in [6.45, 7) is 0. The van der Waals surface area contributed by atoms with Gasteiger partial charge in [-0.2, -0.15) is 0 Å². The van der Waals surface area contributed by atoms with Crippen LogP contribution in [0, 0.1) is 0 Å². The smallest absolute Gasteiger partial charge is 0.335 e. The number of hydrogen-bond donors (Lipinski definition) is 1. The standard InChI is InChI=1S/C10H8O5S/c11-8-3-4-16(14,15)9-5-6(10(12)13)1-2-7(8)9/h1-2,5H,3-4H2,(H,12,13). The molecule has 5 nitrogen and oxygen atoms in total. The summed E-state index contributed by atoms with van der Waals surface area (Å²) in [6.07, 6.45) is -0.0399. The van der Waals surface area contributed by atoms with Gasteiger partial charge in [-0.05, 0) is 18.2 Å². The third-order valence-electron chi connectivity index (χ3n) is 2.46. The number of carboxylic acids is 1. The minimum atomic E-state index is -3.52. The van der Waals surface area contributed by atoms with Crippen molar-refractivity contribution >= 4 is 21.6 Å².